The van der Waals surface area contributed by atoms with Crippen molar-refractivity contribution in [3.8, 4) is 11.5 Å². The van der Waals surface area contributed by atoms with Gasteiger partial charge in [0, 0.05) is 11.9 Å². The fourth-order valence-electron chi connectivity index (χ4n) is 1.10. The molecule has 0 aromatic heterocycles. The third kappa shape index (κ3) is 4.75. The van der Waals surface area contributed by atoms with Gasteiger partial charge in [-0.1, -0.05) is 18.2 Å². The number of benzene rings is 1. The maximum atomic E-state index is 5.49. The summed E-state index contributed by atoms with van der Waals surface area (Å²) in [5.74, 6) is 2.15. The zero-order valence-electron chi connectivity index (χ0n) is 8.78. The Bertz CT molecular complexity index is 310. The molecule has 0 saturated heterocycles. The Kier molecular flexibility index (Phi) is 5.71. The molecule has 0 bridgehead atoms. The summed E-state index contributed by atoms with van der Waals surface area (Å²) in [7, 11) is 0. The highest BCUT2D eigenvalue weighted by Crippen LogP contribution is 2.19. The maximum absolute atomic E-state index is 5.49. The molecule has 0 saturated carbocycles. The van der Waals surface area contributed by atoms with Crippen LogP contribution in [0.25, 0.3) is 0 Å². The third-order valence-corrected chi connectivity index (χ3v) is 1.90. The van der Waals surface area contributed by atoms with Gasteiger partial charge in [-0.3, -0.25) is 0 Å². The van der Waals surface area contributed by atoms with Crippen LogP contribution < -0.4 is 9.47 Å². The van der Waals surface area contributed by atoms with Gasteiger partial charge in [0.1, 0.15) is 18.1 Å². The quantitative estimate of drug-likeness (QED) is 0.548. The van der Waals surface area contributed by atoms with Crippen molar-refractivity contribution in [3.63, 3.8) is 0 Å². The molecule has 0 N–H and O–H groups in total. The van der Waals surface area contributed by atoms with Gasteiger partial charge < -0.3 is 9.47 Å². The van der Waals surface area contributed by atoms with E-state index in [-0.39, 0.29) is 0 Å². The van der Waals surface area contributed by atoms with Crippen molar-refractivity contribution in [1.29, 1.82) is 0 Å². The molecular formula is C12H15ClO2. The molecule has 1 rings (SSSR count). The van der Waals surface area contributed by atoms with Gasteiger partial charge >= 0.3 is 0 Å². The fraction of sp³-hybridized carbons (Fsp3) is 0.333. The number of halogens is 1. The molecule has 0 heterocycles. The number of ether oxygens (including phenoxy) is 2. The minimum absolute atomic E-state index is 0.516. The van der Waals surface area contributed by atoms with E-state index >= 15 is 0 Å². The standard InChI is InChI=1S/C12H15ClO2/c1-2-14-11-6-5-7-12(10-11)15-9-4-3-8-13/h3-7,10H,2,8-9H2,1H3. The second-order valence-electron chi connectivity index (χ2n) is 2.84. The number of hydrogen-bond acceptors (Lipinski definition) is 2. The van der Waals surface area contributed by atoms with E-state index in [2.05, 4.69) is 0 Å². The van der Waals surface area contributed by atoms with Crippen LogP contribution in [0.4, 0.5) is 0 Å². The van der Waals surface area contributed by atoms with Crippen LogP contribution in [-0.2, 0) is 0 Å². The highest BCUT2D eigenvalue weighted by atomic mass is 35.5. The lowest BCUT2D eigenvalue weighted by Crippen LogP contribution is -1.95. The largest absolute Gasteiger partial charge is 0.494 e. The Hall–Kier alpha value is -1.15. The van der Waals surface area contributed by atoms with Crippen molar-refractivity contribution < 1.29 is 9.47 Å². The highest BCUT2D eigenvalue weighted by Gasteiger charge is 1.95. The molecule has 0 aliphatic heterocycles. The van der Waals surface area contributed by atoms with Gasteiger partial charge in [-0.25, -0.2) is 0 Å². The lowest BCUT2D eigenvalue weighted by molar-refractivity contribution is 0.330. The first kappa shape index (κ1) is 11.9. The molecule has 0 aliphatic carbocycles. The van der Waals surface area contributed by atoms with Crippen LogP contribution in [0.15, 0.2) is 36.4 Å². The lowest BCUT2D eigenvalue weighted by atomic mass is 10.3. The van der Waals surface area contributed by atoms with Gasteiger partial charge in [-0.2, -0.15) is 0 Å². The van der Waals surface area contributed by atoms with E-state index in [1.54, 1.807) is 0 Å². The smallest absolute Gasteiger partial charge is 0.123 e. The van der Waals surface area contributed by atoms with Gasteiger partial charge in [0.25, 0.3) is 0 Å². The average molecular weight is 227 g/mol. The van der Waals surface area contributed by atoms with Crippen LogP contribution in [0.5, 0.6) is 11.5 Å². The summed E-state index contributed by atoms with van der Waals surface area (Å²) in [6, 6.07) is 7.59. The van der Waals surface area contributed by atoms with E-state index in [1.807, 2.05) is 43.3 Å². The Balaban J connectivity index is 2.46. The minimum Gasteiger partial charge on any atom is -0.494 e. The summed E-state index contributed by atoms with van der Waals surface area (Å²) in [5.41, 5.74) is 0. The van der Waals surface area contributed by atoms with E-state index < -0.39 is 0 Å². The summed E-state index contributed by atoms with van der Waals surface area (Å²) >= 11 is 5.49. The van der Waals surface area contributed by atoms with E-state index in [0.29, 0.717) is 19.1 Å². The Morgan fingerprint density at radius 2 is 1.93 bits per heavy atom. The molecule has 0 atom stereocenters. The molecule has 15 heavy (non-hydrogen) atoms. The summed E-state index contributed by atoms with van der Waals surface area (Å²) in [6.45, 7) is 3.15. The molecule has 0 radical (unpaired) electrons. The summed E-state index contributed by atoms with van der Waals surface area (Å²) in [6.07, 6.45) is 3.74. The van der Waals surface area contributed by atoms with Crippen molar-refractivity contribution in [1.82, 2.24) is 0 Å². The van der Waals surface area contributed by atoms with E-state index in [4.69, 9.17) is 21.1 Å². The second kappa shape index (κ2) is 7.18. The van der Waals surface area contributed by atoms with Crippen LogP contribution in [0.1, 0.15) is 6.92 Å². The number of alkyl halides is 1. The molecule has 3 heteroatoms. The SMILES string of the molecule is CCOc1cccc(OCC=CCCl)c1. The van der Waals surface area contributed by atoms with Gasteiger partial charge in [0.2, 0.25) is 0 Å². The Morgan fingerprint density at radius 1 is 1.20 bits per heavy atom. The van der Waals surface area contributed by atoms with Crippen molar-refractivity contribution >= 4 is 11.6 Å². The second-order valence-corrected chi connectivity index (χ2v) is 3.15. The van der Waals surface area contributed by atoms with E-state index in [0.717, 1.165) is 11.5 Å². The molecule has 2 nitrogen and oxygen atoms in total. The number of rotatable bonds is 6. The monoisotopic (exact) mass is 226 g/mol. The molecule has 1 aromatic carbocycles. The van der Waals surface area contributed by atoms with Crippen molar-refractivity contribution in [3.05, 3.63) is 36.4 Å². The predicted octanol–water partition coefficient (Wildman–Crippen LogP) is 3.26. The van der Waals surface area contributed by atoms with Crippen molar-refractivity contribution in [2.75, 3.05) is 19.1 Å². The third-order valence-electron chi connectivity index (χ3n) is 1.72. The Morgan fingerprint density at radius 3 is 2.60 bits per heavy atom. The molecule has 0 aliphatic rings. The molecule has 82 valence electrons. The normalized spacial score (nSPS) is 10.5. The topological polar surface area (TPSA) is 18.5 Å². The molecule has 0 amide bonds. The fourth-order valence-corrected chi connectivity index (χ4v) is 1.22. The van der Waals surface area contributed by atoms with Gasteiger partial charge in [-0.15, -0.1) is 11.6 Å². The first-order chi connectivity index (χ1) is 7.36. The van der Waals surface area contributed by atoms with Crippen molar-refractivity contribution in [2.24, 2.45) is 0 Å². The highest BCUT2D eigenvalue weighted by molar-refractivity contribution is 6.18. The zero-order chi connectivity index (χ0) is 10.9. The molecule has 0 spiro atoms. The van der Waals surface area contributed by atoms with Gasteiger partial charge in [0.05, 0.1) is 6.61 Å². The molecular weight excluding hydrogens is 212 g/mol. The van der Waals surface area contributed by atoms with Gasteiger partial charge in [0.15, 0.2) is 0 Å². The minimum atomic E-state index is 0.516. The average Bonchev–Trinajstić information content (AvgIpc) is 2.26. The van der Waals surface area contributed by atoms with Crippen LogP contribution in [-0.4, -0.2) is 19.1 Å². The predicted molar refractivity (Wildman–Crippen MR) is 63.0 cm³/mol. The maximum Gasteiger partial charge on any atom is 0.123 e. The summed E-state index contributed by atoms with van der Waals surface area (Å²) in [5, 5.41) is 0. The van der Waals surface area contributed by atoms with Crippen molar-refractivity contribution in [2.45, 2.75) is 6.92 Å². The zero-order valence-corrected chi connectivity index (χ0v) is 9.54. The van der Waals surface area contributed by atoms with Crippen LogP contribution in [0.2, 0.25) is 0 Å². The lowest BCUT2D eigenvalue weighted by Gasteiger charge is -2.06. The van der Waals surface area contributed by atoms with E-state index in [1.165, 1.54) is 0 Å². The van der Waals surface area contributed by atoms with E-state index in [9.17, 15) is 0 Å². The van der Waals surface area contributed by atoms with Crippen LogP contribution >= 0.6 is 11.6 Å². The molecule has 1 aromatic rings. The summed E-state index contributed by atoms with van der Waals surface area (Å²) in [4.78, 5) is 0. The van der Waals surface area contributed by atoms with Gasteiger partial charge in [-0.05, 0) is 19.1 Å². The molecule has 0 unspecified atom stereocenters. The summed E-state index contributed by atoms with van der Waals surface area (Å²) < 4.78 is 10.8. The number of allylic oxidation sites excluding steroid dienone is 1. The molecule has 0 fully saturated rings. The first-order valence-corrected chi connectivity index (χ1v) is 5.47. The first-order valence-electron chi connectivity index (χ1n) is 4.93. The Labute approximate surface area is 95.5 Å². The number of hydrogen-bond donors (Lipinski definition) is 0. The van der Waals surface area contributed by atoms with Crippen LogP contribution in [0.3, 0.4) is 0 Å². The van der Waals surface area contributed by atoms with Crippen LogP contribution in [0, 0.1) is 0 Å².